The number of nitrogens with two attached hydrogens (primary N) is 1. The maximum absolute atomic E-state index is 13.0. The highest BCUT2D eigenvalue weighted by atomic mass is 32.1. The number of amides is 2. The Morgan fingerprint density at radius 2 is 1.61 bits per heavy atom. The molecule has 31 heavy (non-hydrogen) atoms. The number of rotatable bonds is 8. The summed E-state index contributed by atoms with van der Waals surface area (Å²) in [5.74, 6) is -0.416. The smallest absolute Gasteiger partial charge is 0.251 e. The number of hydrogen-bond acceptors (Lipinski definition) is 3. The van der Waals surface area contributed by atoms with Crippen molar-refractivity contribution in [2.75, 3.05) is 5.32 Å². The summed E-state index contributed by atoms with van der Waals surface area (Å²) in [5, 5.41) is 3.49. The van der Waals surface area contributed by atoms with Gasteiger partial charge >= 0.3 is 0 Å². The van der Waals surface area contributed by atoms with Crippen molar-refractivity contribution < 1.29 is 9.59 Å². The molecule has 0 spiro atoms. The maximum Gasteiger partial charge on any atom is 0.251 e. The molecule has 2 amide bonds. The number of carbonyl (C=O) groups excluding carboxylic acids is 2. The zero-order chi connectivity index (χ0) is 22.5. The molecule has 0 aliphatic rings. The zero-order valence-electron chi connectivity index (χ0n) is 18.6. The highest BCUT2D eigenvalue weighted by molar-refractivity contribution is 7.17. The normalized spacial score (nSPS) is 12.0. The Hall–Kier alpha value is -2.92. The summed E-state index contributed by atoms with van der Waals surface area (Å²) >= 11 is 1.43. The monoisotopic (exact) mass is 434 g/mol. The first-order valence-corrected chi connectivity index (χ1v) is 11.4. The number of benzene rings is 2. The van der Waals surface area contributed by atoms with E-state index in [2.05, 4.69) is 31.3 Å². The fraction of sp³-hybridized carbons (Fsp3) is 0.308. The van der Waals surface area contributed by atoms with Gasteiger partial charge in [0.25, 0.3) is 5.91 Å². The molecule has 5 heteroatoms. The Morgan fingerprint density at radius 3 is 2.19 bits per heavy atom. The van der Waals surface area contributed by atoms with Gasteiger partial charge in [0.05, 0.1) is 11.5 Å². The largest absolute Gasteiger partial charge is 0.365 e. The number of carbonyl (C=O) groups is 2. The molecule has 162 valence electrons. The summed E-state index contributed by atoms with van der Waals surface area (Å²) in [6.07, 6.45) is 1.71. The second-order valence-electron chi connectivity index (χ2n) is 8.43. The molecule has 1 aromatic heterocycles. The van der Waals surface area contributed by atoms with E-state index in [4.69, 9.17) is 5.73 Å². The topological polar surface area (TPSA) is 72.2 Å². The molecular weight excluding hydrogens is 404 g/mol. The van der Waals surface area contributed by atoms with Crippen LogP contribution in [0.3, 0.4) is 0 Å². The second kappa shape index (κ2) is 9.92. The Kier molecular flexibility index (Phi) is 7.29. The molecule has 3 aromatic rings. The fourth-order valence-corrected chi connectivity index (χ4v) is 4.93. The van der Waals surface area contributed by atoms with E-state index in [-0.39, 0.29) is 11.8 Å². The Labute approximate surface area is 188 Å². The Balaban J connectivity index is 1.79. The predicted molar refractivity (Wildman–Crippen MR) is 129 cm³/mol. The summed E-state index contributed by atoms with van der Waals surface area (Å²) in [6.45, 7) is 8.15. The molecule has 0 aliphatic heterocycles. The van der Waals surface area contributed by atoms with Crippen LogP contribution >= 0.6 is 11.3 Å². The van der Waals surface area contributed by atoms with Crippen molar-refractivity contribution in [1.29, 1.82) is 0 Å². The molecule has 1 heterocycles. The van der Waals surface area contributed by atoms with Crippen molar-refractivity contribution in [1.82, 2.24) is 0 Å². The van der Waals surface area contributed by atoms with Crippen LogP contribution in [0.1, 0.15) is 64.2 Å². The first-order valence-electron chi connectivity index (χ1n) is 10.6. The van der Waals surface area contributed by atoms with Crippen molar-refractivity contribution in [2.45, 2.75) is 46.5 Å². The van der Waals surface area contributed by atoms with Crippen LogP contribution in [0, 0.1) is 12.8 Å². The Bertz CT molecular complexity index is 1050. The molecule has 2 aromatic carbocycles. The first-order chi connectivity index (χ1) is 14.8. The minimum Gasteiger partial charge on any atom is -0.365 e. The van der Waals surface area contributed by atoms with Gasteiger partial charge in [0.1, 0.15) is 5.00 Å². The number of nitrogens with one attached hydrogen (secondary N) is 1. The molecule has 0 saturated heterocycles. The maximum atomic E-state index is 13.0. The summed E-state index contributed by atoms with van der Waals surface area (Å²) < 4.78 is 0. The van der Waals surface area contributed by atoms with E-state index >= 15 is 0 Å². The van der Waals surface area contributed by atoms with E-state index in [1.54, 1.807) is 0 Å². The van der Waals surface area contributed by atoms with E-state index in [1.807, 2.05) is 56.3 Å². The summed E-state index contributed by atoms with van der Waals surface area (Å²) in [6, 6.07) is 18.2. The van der Waals surface area contributed by atoms with Crippen LogP contribution < -0.4 is 11.1 Å². The minimum atomic E-state index is -0.519. The quantitative estimate of drug-likeness (QED) is 0.478. The van der Waals surface area contributed by atoms with Gasteiger partial charge in [-0.2, -0.15) is 0 Å². The lowest BCUT2D eigenvalue weighted by atomic mass is 9.96. The average Bonchev–Trinajstić information content (AvgIpc) is 3.03. The zero-order valence-corrected chi connectivity index (χ0v) is 19.4. The van der Waals surface area contributed by atoms with Gasteiger partial charge in [0.2, 0.25) is 5.91 Å². The molecule has 3 rings (SSSR count). The van der Waals surface area contributed by atoms with E-state index in [9.17, 15) is 9.59 Å². The van der Waals surface area contributed by atoms with Crippen LogP contribution in [-0.4, -0.2) is 11.8 Å². The third-order valence-electron chi connectivity index (χ3n) is 5.45. The van der Waals surface area contributed by atoms with Gasteiger partial charge in [0, 0.05) is 11.3 Å². The third kappa shape index (κ3) is 5.61. The predicted octanol–water partition coefficient (Wildman–Crippen LogP) is 5.69. The SMILES string of the molecule is Cc1c(Cc2ccccc2)sc(NC(=O)C(C)c2ccc(CC(C)C)cc2)c1C(N)=O. The van der Waals surface area contributed by atoms with Crippen molar-refractivity contribution in [3.8, 4) is 0 Å². The molecule has 0 bridgehead atoms. The van der Waals surface area contributed by atoms with Gasteiger partial charge in [-0.15, -0.1) is 11.3 Å². The van der Waals surface area contributed by atoms with E-state index < -0.39 is 5.91 Å². The van der Waals surface area contributed by atoms with Crippen LogP contribution in [0.25, 0.3) is 0 Å². The second-order valence-corrected chi connectivity index (χ2v) is 9.54. The van der Waals surface area contributed by atoms with Gasteiger partial charge in [-0.3, -0.25) is 9.59 Å². The average molecular weight is 435 g/mol. The molecule has 4 nitrogen and oxygen atoms in total. The lowest BCUT2D eigenvalue weighted by molar-refractivity contribution is -0.117. The summed E-state index contributed by atoms with van der Waals surface area (Å²) in [7, 11) is 0. The number of thiophene rings is 1. The molecule has 0 radical (unpaired) electrons. The lowest BCUT2D eigenvalue weighted by Crippen LogP contribution is -2.21. The van der Waals surface area contributed by atoms with Crippen LogP contribution in [0.4, 0.5) is 5.00 Å². The fourth-order valence-electron chi connectivity index (χ4n) is 3.68. The molecule has 0 aliphatic carbocycles. The van der Waals surface area contributed by atoms with Crippen LogP contribution in [-0.2, 0) is 17.6 Å². The van der Waals surface area contributed by atoms with Crippen molar-refractivity contribution in [3.05, 3.63) is 87.3 Å². The van der Waals surface area contributed by atoms with E-state index in [0.717, 1.165) is 28.0 Å². The van der Waals surface area contributed by atoms with Crippen molar-refractivity contribution in [2.24, 2.45) is 11.7 Å². The molecule has 0 saturated carbocycles. The molecule has 1 unspecified atom stereocenters. The number of anilines is 1. The summed E-state index contributed by atoms with van der Waals surface area (Å²) in [5.41, 5.74) is 10.3. The van der Waals surface area contributed by atoms with E-state index in [0.29, 0.717) is 22.9 Å². The van der Waals surface area contributed by atoms with Crippen LogP contribution in [0.5, 0.6) is 0 Å². The Morgan fingerprint density at radius 1 is 0.968 bits per heavy atom. The standard InChI is InChI=1S/C26H30N2O2S/c1-16(2)14-20-10-12-21(13-11-20)17(3)25(30)28-26-23(24(27)29)18(4)22(31-26)15-19-8-6-5-7-9-19/h5-13,16-17H,14-15H2,1-4H3,(H2,27,29)(H,28,30). The van der Waals surface area contributed by atoms with E-state index in [1.165, 1.54) is 16.9 Å². The number of primary amides is 1. The molecule has 3 N–H and O–H groups in total. The van der Waals surface area contributed by atoms with Gasteiger partial charge in [-0.1, -0.05) is 68.4 Å². The highest BCUT2D eigenvalue weighted by Crippen LogP contribution is 2.35. The molecular formula is C26H30N2O2S. The molecule has 1 atom stereocenters. The highest BCUT2D eigenvalue weighted by Gasteiger charge is 2.23. The van der Waals surface area contributed by atoms with Crippen molar-refractivity contribution >= 4 is 28.2 Å². The van der Waals surface area contributed by atoms with Gasteiger partial charge in [0.15, 0.2) is 0 Å². The first kappa shape index (κ1) is 22.8. The third-order valence-corrected chi connectivity index (χ3v) is 6.66. The van der Waals surface area contributed by atoms with Crippen LogP contribution in [0.2, 0.25) is 0 Å². The minimum absolute atomic E-state index is 0.147. The van der Waals surface area contributed by atoms with Crippen LogP contribution in [0.15, 0.2) is 54.6 Å². The number of hydrogen-bond donors (Lipinski definition) is 2. The summed E-state index contributed by atoms with van der Waals surface area (Å²) in [4.78, 5) is 26.1. The van der Waals surface area contributed by atoms with Gasteiger partial charge in [-0.05, 0) is 48.4 Å². The molecule has 0 fully saturated rings. The lowest BCUT2D eigenvalue weighted by Gasteiger charge is -2.13. The van der Waals surface area contributed by atoms with Gasteiger partial charge < -0.3 is 11.1 Å². The van der Waals surface area contributed by atoms with Crippen molar-refractivity contribution in [3.63, 3.8) is 0 Å². The van der Waals surface area contributed by atoms with Gasteiger partial charge in [-0.25, -0.2) is 0 Å².